The van der Waals surface area contributed by atoms with Crippen LogP contribution in [0.2, 0.25) is 0 Å². The molecule has 0 unspecified atom stereocenters. The van der Waals surface area contributed by atoms with Crippen LogP contribution in [0.25, 0.3) is 0 Å². The van der Waals surface area contributed by atoms with Gasteiger partial charge in [-0.15, -0.1) is 0 Å². The molecule has 1 amide bonds. The topological polar surface area (TPSA) is 44.1 Å². The van der Waals surface area contributed by atoms with Gasteiger partial charge in [0.05, 0.1) is 0 Å². The van der Waals surface area contributed by atoms with E-state index < -0.39 is 5.91 Å². The molecule has 0 aliphatic carbocycles. The highest BCUT2D eigenvalue weighted by atomic mass is 16.2. The van der Waals surface area contributed by atoms with E-state index >= 15 is 0 Å². The maximum atomic E-state index is 10.7. The molecule has 0 aromatic heterocycles. The van der Waals surface area contributed by atoms with Gasteiger partial charge in [-0.3, -0.25) is 4.79 Å². The van der Waals surface area contributed by atoms with Gasteiger partial charge in [0, 0.05) is 13.6 Å². The standard InChI is InChI=1S/C8H14N2O/c1-7(2)4-5-10(3)8(11)6-9/h7H,4-5H2,1-3H3. The zero-order valence-corrected chi connectivity index (χ0v) is 7.29. The van der Waals surface area contributed by atoms with Gasteiger partial charge in [-0.1, -0.05) is 13.8 Å². The number of carbonyl (C=O) groups excluding carboxylic acids is 1. The van der Waals surface area contributed by atoms with Gasteiger partial charge >= 0.3 is 5.91 Å². The summed E-state index contributed by atoms with van der Waals surface area (Å²) in [5, 5.41) is 8.23. The molecule has 0 heterocycles. The molecule has 3 nitrogen and oxygen atoms in total. The monoisotopic (exact) mass is 154 g/mol. The first-order chi connectivity index (χ1) is 5.07. The van der Waals surface area contributed by atoms with Gasteiger partial charge in [0.15, 0.2) is 6.07 Å². The van der Waals surface area contributed by atoms with Crippen LogP contribution >= 0.6 is 0 Å². The molecule has 0 N–H and O–H groups in total. The van der Waals surface area contributed by atoms with E-state index in [4.69, 9.17) is 5.26 Å². The Hall–Kier alpha value is -1.04. The van der Waals surface area contributed by atoms with E-state index in [1.54, 1.807) is 13.1 Å². The van der Waals surface area contributed by atoms with Crippen molar-refractivity contribution in [3.8, 4) is 6.07 Å². The van der Waals surface area contributed by atoms with Gasteiger partial charge in [-0.2, -0.15) is 5.26 Å². The molecule has 0 rings (SSSR count). The molecule has 11 heavy (non-hydrogen) atoms. The highest BCUT2D eigenvalue weighted by Crippen LogP contribution is 2.00. The molecule has 0 aliphatic heterocycles. The van der Waals surface area contributed by atoms with Crippen molar-refractivity contribution >= 4 is 5.91 Å². The maximum Gasteiger partial charge on any atom is 0.324 e. The quantitative estimate of drug-likeness (QED) is 0.569. The first-order valence-electron chi connectivity index (χ1n) is 3.73. The van der Waals surface area contributed by atoms with E-state index in [1.807, 2.05) is 0 Å². The summed E-state index contributed by atoms with van der Waals surface area (Å²) in [4.78, 5) is 12.1. The van der Waals surface area contributed by atoms with Crippen LogP contribution in [-0.2, 0) is 4.79 Å². The van der Waals surface area contributed by atoms with Gasteiger partial charge in [0.1, 0.15) is 0 Å². The van der Waals surface area contributed by atoms with Gasteiger partial charge < -0.3 is 4.90 Å². The summed E-state index contributed by atoms with van der Waals surface area (Å²) < 4.78 is 0. The highest BCUT2D eigenvalue weighted by Gasteiger charge is 2.06. The molecule has 0 atom stereocenters. The fourth-order valence-electron chi connectivity index (χ4n) is 0.639. The SMILES string of the molecule is CC(C)CCN(C)C(=O)C#N. The Kier molecular flexibility index (Phi) is 4.28. The van der Waals surface area contributed by atoms with Crippen molar-refractivity contribution in [3.63, 3.8) is 0 Å². The average Bonchev–Trinajstić information content (AvgIpc) is 1.98. The van der Waals surface area contributed by atoms with E-state index in [1.165, 1.54) is 4.90 Å². The normalized spacial score (nSPS) is 9.36. The lowest BCUT2D eigenvalue weighted by molar-refractivity contribution is -0.124. The lowest BCUT2D eigenvalue weighted by Gasteiger charge is -2.13. The minimum absolute atomic E-state index is 0.453. The van der Waals surface area contributed by atoms with Gasteiger partial charge in [0.25, 0.3) is 0 Å². The second-order valence-electron chi connectivity index (χ2n) is 3.02. The Labute approximate surface area is 67.6 Å². The van der Waals surface area contributed by atoms with Crippen molar-refractivity contribution in [1.29, 1.82) is 5.26 Å². The second kappa shape index (κ2) is 4.73. The van der Waals surface area contributed by atoms with E-state index in [2.05, 4.69) is 13.8 Å². The van der Waals surface area contributed by atoms with Crippen molar-refractivity contribution in [2.45, 2.75) is 20.3 Å². The number of hydrogen-bond donors (Lipinski definition) is 0. The number of hydrogen-bond acceptors (Lipinski definition) is 2. The van der Waals surface area contributed by atoms with Crippen LogP contribution in [0.3, 0.4) is 0 Å². The molecule has 0 fully saturated rings. The van der Waals surface area contributed by atoms with Crippen LogP contribution < -0.4 is 0 Å². The molecule has 62 valence electrons. The summed E-state index contributed by atoms with van der Waals surface area (Å²) in [6.07, 6.45) is 0.948. The summed E-state index contributed by atoms with van der Waals surface area (Å²) in [6.45, 7) is 4.85. The molecular formula is C8H14N2O. The molecule has 0 radical (unpaired) electrons. The minimum Gasteiger partial charge on any atom is -0.333 e. The number of carbonyl (C=O) groups is 1. The zero-order chi connectivity index (χ0) is 8.85. The van der Waals surface area contributed by atoms with Gasteiger partial charge in [-0.25, -0.2) is 0 Å². The van der Waals surface area contributed by atoms with Crippen LogP contribution in [0, 0.1) is 17.2 Å². The fraction of sp³-hybridized carbons (Fsp3) is 0.750. The summed E-state index contributed by atoms with van der Waals surface area (Å²) in [5.41, 5.74) is 0. The number of rotatable bonds is 3. The molecule has 0 spiro atoms. The fourth-order valence-corrected chi connectivity index (χ4v) is 0.639. The van der Waals surface area contributed by atoms with Crippen LogP contribution in [0.15, 0.2) is 0 Å². The number of nitriles is 1. The zero-order valence-electron chi connectivity index (χ0n) is 7.29. The van der Waals surface area contributed by atoms with E-state index in [-0.39, 0.29) is 0 Å². The molecule has 0 aromatic carbocycles. The van der Waals surface area contributed by atoms with Crippen molar-refractivity contribution in [3.05, 3.63) is 0 Å². The smallest absolute Gasteiger partial charge is 0.324 e. The predicted octanol–water partition coefficient (Wildman–Crippen LogP) is 1.01. The summed E-state index contributed by atoms with van der Waals surface area (Å²) in [7, 11) is 1.65. The largest absolute Gasteiger partial charge is 0.333 e. The van der Waals surface area contributed by atoms with Crippen molar-refractivity contribution < 1.29 is 4.79 Å². The first kappa shape index (κ1) is 9.96. The van der Waals surface area contributed by atoms with Crippen molar-refractivity contribution in [1.82, 2.24) is 4.90 Å². The molecule has 0 aliphatic rings. The number of nitrogens with zero attached hydrogens (tertiary/aromatic N) is 2. The average molecular weight is 154 g/mol. The molecule has 0 saturated heterocycles. The highest BCUT2D eigenvalue weighted by molar-refractivity contribution is 5.90. The Morgan fingerprint density at radius 1 is 1.64 bits per heavy atom. The molecule has 3 heteroatoms. The van der Waals surface area contributed by atoms with Crippen molar-refractivity contribution in [2.75, 3.05) is 13.6 Å². The Morgan fingerprint density at radius 2 is 2.18 bits per heavy atom. The Bertz CT molecular complexity index is 169. The van der Waals surface area contributed by atoms with E-state index in [0.29, 0.717) is 12.5 Å². The summed E-state index contributed by atoms with van der Waals surface area (Å²) in [5.74, 6) is 0.120. The molecule has 0 aromatic rings. The molecule has 0 bridgehead atoms. The predicted molar refractivity (Wildman–Crippen MR) is 42.7 cm³/mol. The lowest BCUT2D eigenvalue weighted by atomic mass is 10.1. The third-order valence-corrected chi connectivity index (χ3v) is 1.48. The summed E-state index contributed by atoms with van der Waals surface area (Å²) >= 11 is 0. The third kappa shape index (κ3) is 4.38. The first-order valence-corrected chi connectivity index (χ1v) is 3.73. The second-order valence-corrected chi connectivity index (χ2v) is 3.02. The van der Waals surface area contributed by atoms with Crippen LogP contribution in [0.5, 0.6) is 0 Å². The van der Waals surface area contributed by atoms with Gasteiger partial charge in [-0.05, 0) is 12.3 Å². The van der Waals surface area contributed by atoms with Crippen LogP contribution in [-0.4, -0.2) is 24.4 Å². The minimum atomic E-state index is -0.453. The Balaban J connectivity index is 3.63. The Morgan fingerprint density at radius 3 is 2.55 bits per heavy atom. The van der Waals surface area contributed by atoms with Crippen molar-refractivity contribution in [2.24, 2.45) is 5.92 Å². The third-order valence-electron chi connectivity index (χ3n) is 1.48. The van der Waals surface area contributed by atoms with Gasteiger partial charge in [0.2, 0.25) is 0 Å². The molecular weight excluding hydrogens is 140 g/mol. The molecule has 0 saturated carbocycles. The summed E-state index contributed by atoms with van der Waals surface area (Å²) in [6, 6.07) is 1.58. The van der Waals surface area contributed by atoms with E-state index in [9.17, 15) is 4.79 Å². The maximum absolute atomic E-state index is 10.7. The van der Waals surface area contributed by atoms with E-state index in [0.717, 1.165) is 6.42 Å². The van der Waals surface area contributed by atoms with Crippen LogP contribution in [0.4, 0.5) is 0 Å². The lowest BCUT2D eigenvalue weighted by Crippen LogP contribution is -2.26. The number of amides is 1. The van der Waals surface area contributed by atoms with Crippen LogP contribution in [0.1, 0.15) is 20.3 Å².